The standard InChI is InChI=1S/C23H27N3O3/c1-16(29-19-11-9-18(10-12-19)23(2,3)4)22(28)25-24-21(27)15-26-14-13-17-7-5-6-8-20(17)26/h5-14,16H,15H2,1-4H3,(H,24,27)(H,25,28). The van der Waals surface area contributed by atoms with E-state index in [-0.39, 0.29) is 17.9 Å². The number of ether oxygens (including phenoxy) is 1. The van der Waals surface area contributed by atoms with Gasteiger partial charge in [0.2, 0.25) is 0 Å². The Hall–Kier alpha value is -3.28. The number of nitrogens with zero attached hydrogens (tertiary/aromatic N) is 1. The first-order chi connectivity index (χ1) is 13.7. The van der Waals surface area contributed by atoms with Gasteiger partial charge in [-0.25, -0.2) is 0 Å². The van der Waals surface area contributed by atoms with Gasteiger partial charge in [-0.15, -0.1) is 0 Å². The molecule has 3 aromatic rings. The Morgan fingerprint density at radius 2 is 1.69 bits per heavy atom. The van der Waals surface area contributed by atoms with Crippen molar-refractivity contribution in [3.8, 4) is 5.75 Å². The molecule has 152 valence electrons. The first kappa shape index (κ1) is 20.5. The third-order valence-corrected chi connectivity index (χ3v) is 4.72. The number of hydrogen-bond donors (Lipinski definition) is 2. The lowest BCUT2D eigenvalue weighted by atomic mass is 9.87. The van der Waals surface area contributed by atoms with Crippen LogP contribution in [0.4, 0.5) is 0 Å². The van der Waals surface area contributed by atoms with Gasteiger partial charge >= 0.3 is 0 Å². The lowest BCUT2D eigenvalue weighted by Crippen LogP contribution is -2.48. The number of aromatic nitrogens is 1. The Morgan fingerprint density at radius 1 is 1.00 bits per heavy atom. The zero-order chi connectivity index (χ0) is 21.0. The van der Waals surface area contributed by atoms with Crippen LogP contribution in [0.1, 0.15) is 33.3 Å². The molecule has 0 aliphatic carbocycles. The molecule has 1 aromatic heterocycles. The van der Waals surface area contributed by atoms with Crippen LogP contribution in [-0.4, -0.2) is 22.5 Å². The normalized spacial score (nSPS) is 12.4. The minimum atomic E-state index is -0.747. The molecule has 2 amide bonds. The number of amides is 2. The third-order valence-electron chi connectivity index (χ3n) is 4.72. The molecular formula is C23H27N3O3. The molecule has 3 rings (SSSR count). The number of carbonyl (C=O) groups is 2. The number of nitrogens with one attached hydrogen (secondary N) is 2. The van der Waals surface area contributed by atoms with Crippen LogP contribution in [0.25, 0.3) is 10.9 Å². The average molecular weight is 393 g/mol. The smallest absolute Gasteiger partial charge is 0.279 e. The van der Waals surface area contributed by atoms with E-state index in [1.54, 1.807) is 6.92 Å². The van der Waals surface area contributed by atoms with Crippen molar-refractivity contribution in [1.82, 2.24) is 15.4 Å². The second kappa shape index (κ2) is 8.39. The maximum atomic E-state index is 12.2. The van der Waals surface area contributed by atoms with E-state index in [1.165, 1.54) is 5.56 Å². The fraction of sp³-hybridized carbons (Fsp3) is 0.304. The summed E-state index contributed by atoms with van der Waals surface area (Å²) in [4.78, 5) is 24.4. The topological polar surface area (TPSA) is 72.4 Å². The first-order valence-electron chi connectivity index (χ1n) is 9.64. The van der Waals surface area contributed by atoms with Crippen LogP contribution in [0.3, 0.4) is 0 Å². The van der Waals surface area contributed by atoms with Crippen LogP contribution in [0, 0.1) is 0 Å². The number of rotatable bonds is 5. The molecule has 0 aliphatic heterocycles. The van der Waals surface area contributed by atoms with E-state index in [2.05, 4.69) is 31.6 Å². The van der Waals surface area contributed by atoms with Gasteiger partial charge in [-0.3, -0.25) is 20.4 Å². The lowest BCUT2D eigenvalue weighted by molar-refractivity contribution is -0.132. The monoisotopic (exact) mass is 393 g/mol. The van der Waals surface area contributed by atoms with Crippen molar-refractivity contribution in [3.63, 3.8) is 0 Å². The highest BCUT2D eigenvalue weighted by Gasteiger charge is 2.17. The van der Waals surface area contributed by atoms with Crippen LogP contribution in [0.2, 0.25) is 0 Å². The summed E-state index contributed by atoms with van der Waals surface area (Å²) in [7, 11) is 0. The van der Waals surface area contributed by atoms with E-state index in [0.29, 0.717) is 5.75 Å². The molecule has 6 nitrogen and oxygen atoms in total. The summed E-state index contributed by atoms with van der Waals surface area (Å²) in [6.07, 6.45) is 1.10. The molecule has 0 saturated heterocycles. The fourth-order valence-corrected chi connectivity index (χ4v) is 3.00. The maximum Gasteiger partial charge on any atom is 0.279 e. The molecule has 0 saturated carbocycles. The SMILES string of the molecule is CC(Oc1ccc(C(C)(C)C)cc1)C(=O)NNC(=O)Cn1ccc2ccccc21. The van der Waals surface area contributed by atoms with E-state index in [1.807, 2.05) is 65.4 Å². The van der Waals surface area contributed by atoms with Gasteiger partial charge in [0.1, 0.15) is 12.3 Å². The van der Waals surface area contributed by atoms with Gasteiger partial charge in [0.05, 0.1) is 0 Å². The van der Waals surface area contributed by atoms with E-state index in [4.69, 9.17) is 4.74 Å². The van der Waals surface area contributed by atoms with Crippen LogP contribution in [0.5, 0.6) is 5.75 Å². The van der Waals surface area contributed by atoms with E-state index < -0.39 is 12.0 Å². The van der Waals surface area contributed by atoms with Gasteiger partial charge in [0, 0.05) is 11.7 Å². The predicted octanol–water partition coefficient (Wildman–Crippen LogP) is 3.55. The van der Waals surface area contributed by atoms with Crippen LogP contribution in [0.15, 0.2) is 60.8 Å². The number of hydrogen-bond acceptors (Lipinski definition) is 3. The second-order valence-corrected chi connectivity index (χ2v) is 8.07. The minimum absolute atomic E-state index is 0.0524. The van der Waals surface area contributed by atoms with Crippen molar-refractivity contribution in [2.75, 3.05) is 0 Å². The second-order valence-electron chi connectivity index (χ2n) is 8.07. The predicted molar refractivity (Wildman–Crippen MR) is 113 cm³/mol. The summed E-state index contributed by atoms with van der Waals surface area (Å²) in [5.74, 6) is -0.136. The summed E-state index contributed by atoms with van der Waals surface area (Å²) in [6, 6.07) is 17.4. The summed E-state index contributed by atoms with van der Waals surface area (Å²) < 4.78 is 7.50. The molecule has 1 heterocycles. The summed E-state index contributed by atoms with van der Waals surface area (Å²) >= 11 is 0. The van der Waals surface area contributed by atoms with Gasteiger partial charge in [0.15, 0.2) is 6.10 Å². The Kier molecular flexibility index (Phi) is 5.92. The number of hydrazine groups is 1. The molecule has 1 unspecified atom stereocenters. The van der Waals surface area contributed by atoms with Crippen LogP contribution < -0.4 is 15.6 Å². The summed E-state index contributed by atoms with van der Waals surface area (Å²) in [6.45, 7) is 8.16. The molecule has 29 heavy (non-hydrogen) atoms. The molecule has 0 fully saturated rings. The molecule has 2 aromatic carbocycles. The molecule has 6 heteroatoms. The summed E-state index contributed by atoms with van der Waals surface area (Å²) in [5.41, 5.74) is 7.07. The van der Waals surface area contributed by atoms with Gasteiger partial charge in [0.25, 0.3) is 11.8 Å². The average Bonchev–Trinajstić information content (AvgIpc) is 3.08. The Morgan fingerprint density at radius 3 is 2.38 bits per heavy atom. The van der Waals surface area contributed by atoms with Crippen molar-refractivity contribution in [2.24, 2.45) is 0 Å². The van der Waals surface area contributed by atoms with Gasteiger partial charge < -0.3 is 9.30 Å². The number of fused-ring (bicyclic) bond motifs is 1. The van der Waals surface area contributed by atoms with Crippen molar-refractivity contribution < 1.29 is 14.3 Å². The van der Waals surface area contributed by atoms with Gasteiger partial charge in [-0.1, -0.05) is 51.1 Å². The zero-order valence-corrected chi connectivity index (χ0v) is 17.2. The van der Waals surface area contributed by atoms with E-state index >= 15 is 0 Å². The highest BCUT2D eigenvalue weighted by molar-refractivity contribution is 5.86. The Labute approximate surface area is 170 Å². The fourth-order valence-electron chi connectivity index (χ4n) is 3.00. The van der Waals surface area contributed by atoms with Crippen molar-refractivity contribution in [3.05, 3.63) is 66.4 Å². The molecular weight excluding hydrogens is 366 g/mol. The quantitative estimate of drug-likeness (QED) is 0.651. The molecule has 0 aliphatic rings. The van der Waals surface area contributed by atoms with E-state index in [9.17, 15) is 9.59 Å². The Bertz CT molecular complexity index is 1000. The van der Waals surface area contributed by atoms with Crippen molar-refractivity contribution in [2.45, 2.75) is 45.8 Å². The highest BCUT2D eigenvalue weighted by atomic mass is 16.5. The van der Waals surface area contributed by atoms with Crippen molar-refractivity contribution in [1.29, 1.82) is 0 Å². The van der Waals surface area contributed by atoms with Gasteiger partial charge in [-0.05, 0) is 47.6 Å². The van der Waals surface area contributed by atoms with E-state index in [0.717, 1.165) is 10.9 Å². The third kappa shape index (κ3) is 5.16. The molecule has 1 atom stereocenters. The first-order valence-corrected chi connectivity index (χ1v) is 9.64. The van der Waals surface area contributed by atoms with Gasteiger partial charge in [-0.2, -0.15) is 0 Å². The largest absolute Gasteiger partial charge is 0.481 e. The zero-order valence-electron chi connectivity index (χ0n) is 17.2. The molecule has 0 radical (unpaired) electrons. The number of para-hydroxylation sites is 1. The molecule has 2 N–H and O–H groups in total. The Balaban J connectivity index is 1.50. The molecule has 0 bridgehead atoms. The molecule has 0 spiro atoms. The number of benzene rings is 2. The number of carbonyl (C=O) groups excluding carboxylic acids is 2. The van der Waals surface area contributed by atoms with Crippen molar-refractivity contribution >= 4 is 22.7 Å². The summed E-state index contributed by atoms with van der Waals surface area (Å²) in [5, 5.41) is 1.06. The van der Waals surface area contributed by atoms with Crippen LogP contribution >= 0.6 is 0 Å². The highest BCUT2D eigenvalue weighted by Crippen LogP contribution is 2.24. The van der Waals surface area contributed by atoms with Crippen LogP contribution in [-0.2, 0) is 21.5 Å². The minimum Gasteiger partial charge on any atom is -0.481 e. The lowest BCUT2D eigenvalue weighted by Gasteiger charge is -2.20. The maximum absolute atomic E-state index is 12.2.